The van der Waals surface area contributed by atoms with Gasteiger partial charge in [0.2, 0.25) is 0 Å². The molecule has 0 fully saturated rings. The molecule has 6 nitrogen and oxygen atoms in total. The maximum Gasteiger partial charge on any atom is 0.469 e. The lowest BCUT2D eigenvalue weighted by atomic mass is 10.1. The van der Waals surface area contributed by atoms with Gasteiger partial charge in [-0.15, -0.1) is 0 Å². The molecular weight excluding hydrogens is 560 g/mol. The number of alkyl halides is 8. The van der Waals surface area contributed by atoms with Crippen LogP contribution in [0.4, 0.5) is 35.1 Å². The van der Waals surface area contributed by atoms with Gasteiger partial charge in [0.05, 0.1) is 13.0 Å². The zero-order valence-corrected chi connectivity index (χ0v) is 24.0. The number of carbonyl (C=O) groups excluding carboxylic acids is 2. The summed E-state index contributed by atoms with van der Waals surface area (Å²) in [7, 11) is -6.53. The summed E-state index contributed by atoms with van der Waals surface area (Å²) in [5.41, 5.74) is 0. The van der Waals surface area contributed by atoms with E-state index < -0.39 is 67.9 Å². The molecule has 36 heavy (non-hydrogen) atoms. The maximum absolute atomic E-state index is 13.4. The van der Waals surface area contributed by atoms with Gasteiger partial charge in [-0.3, -0.25) is 0 Å². The van der Waals surface area contributed by atoms with Crippen LogP contribution in [0.1, 0.15) is 12.8 Å². The third-order valence-electron chi connectivity index (χ3n) is 3.84. The molecule has 0 aliphatic heterocycles. The van der Waals surface area contributed by atoms with Crippen LogP contribution in [0.3, 0.4) is 0 Å². The van der Waals surface area contributed by atoms with E-state index in [9.17, 15) is 44.7 Å². The Labute approximate surface area is 207 Å². The minimum atomic E-state index is -5.97. The normalized spacial score (nSPS) is 15.2. The first-order valence-electron chi connectivity index (χ1n) is 10.7. The van der Waals surface area contributed by atoms with Gasteiger partial charge >= 0.3 is 38.7 Å². The van der Waals surface area contributed by atoms with Crippen molar-refractivity contribution in [1.82, 2.24) is 0 Å². The van der Waals surface area contributed by atoms with Gasteiger partial charge in [0.25, 0.3) is 0 Å². The zero-order valence-electron chi connectivity index (χ0n) is 21.0. The third kappa shape index (κ3) is 13.8. The average molecular weight is 593 g/mol. The molecule has 0 aromatic rings. The summed E-state index contributed by atoms with van der Waals surface area (Å²) in [5.74, 6) is -9.40. The van der Waals surface area contributed by atoms with E-state index in [0.717, 1.165) is 0 Å². The first-order chi connectivity index (χ1) is 15.8. The van der Waals surface area contributed by atoms with Crippen molar-refractivity contribution >= 4 is 37.1 Å². The quantitative estimate of drug-likeness (QED) is 0.0774. The second kappa shape index (κ2) is 12.5. The first-order valence-corrected chi connectivity index (χ1v) is 20.1. The highest BCUT2D eigenvalue weighted by Gasteiger charge is 2.66. The molecule has 1 unspecified atom stereocenters. The predicted octanol–water partition coefficient (Wildman–Crippen LogP) is 6.31. The molecule has 1 atom stereocenters. The van der Waals surface area contributed by atoms with E-state index in [4.69, 9.17) is 13.0 Å². The summed E-state index contributed by atoms with van der Waals surface area (Å²) in [4.78, 5) is 23.0. The fourth-order valence-corrected chi connectivity index (χ4v) is 15.4. The number of rotatable bonds is 14. The van der Waals surface area contributed by atoms with Crippen molar-refractivity contribution < 1.29 is 62.4 Å². The number of carbonyl (C=O) groups is 2. The van der Waals surface area contributed by atoms with Gasteiger partial charge in [0, 0.05) is 12.2 Å². The molecule has 212 valence electrons. The molecular formula is C19H32F8O6Si3. The van der Waals surface area contributed by atoms with Gasteiger partial charge < -0.3 is 17.7 Å². The van der Waals surface area contributed by atoms with Crippen LogP contribution in [0.15, 0.2) is 12.2 Å². The van der Waals surface area contributed by atoms with E-state index >= 15 is 0 Å². The van der Waals surface area contributed by atoms with Crippen LogP contribution in [0.2, 0.25) is 51.9 Å². The number of hydrogen-bond acceptors (Lipinski definition) is 6. The number of esters is 2. The maximum atomic E-state index is 13.4. The monoisotopic (exact) mass is 592 g/mol. The second-order valence-corrected chi connectivity index (χ2v) is 22.9. The topological polar surface area (TPSA) is 71.1 Å². The van der Waals surface area contributed by atoms with Crippen LogP contribution < -0.4 is 0 Å². The molecule has 0 spiro atoms. The predicted molar refractivity (Wildman–Crippen MR) is 122 cm³/mol. The minimum Gasteiger partial charge on any atom is -0.463 e. The Morgan fingerprint density at radius 3 is 1.67 bits per heavy atom. The Morgan fingerprint density at radius 1 is 0.806 bits per heavy atom. The summed E-state index contributed by atoms with van der Waals surface area (Å²) < 4.78 is 123. The van der Waals surface area contributed by atoms with Gasteiger partial charge in [-0.1, -0.05) is 0 Å². The van der Waals surface area contributed by atoms with Crippen molar-refractivity contribution in [3.05, 3.63) is 12.2 Å². The van der Waals surface area contributed by atoms with Crippen molar-refractivity contribution in [2.75, 3.05) is 6.61 Å². The Balaban J connectivity index is 4.89. The van der Waals surface area contributed by atoms with E-state index in [-0.39, 0.29) is 12.7 Å². The van der Waals surface area contributed by atoms with Crippen LogP contribution in [-0.2, 0) is 27.3 Å². The van der Waals surface area contributed by atoms with E-state index in [1.807, 2.05) is 45.8 Å². The molecule has 0 aromatic carbocycles. The molecule has 0 heterocycles. The van der Waals surface area contributed by atoms with Crippen molar-refractivity contribution in [3.8, 4) is 0 Å². The molecule has 0 radical (unpaired) electrons. The highest BCUT2D eigenvalue weighted by atomic mass is 28.5. The Bertz CT molecular complexity index is 763. The van der Waals surface area contributed by atoms with Crippen LogP contribution in [0.25, 0.3) is 0 Å². The standard InChI is InChI=1S/C19H32F8O6Si3/c1-34(2,3)32-36(7,33-35(4,5)6)12-8-11-30-15(28)9-10-16(29)31-19(26,27)18(24,25)14(20)13-17(21,22)23/h9-10,14H,8,11-13H2,1-7H3/b10-9+. The van der Waals surface area contributed by atoms with Crippen molar-refractivity contribution in [2.45, 2.75) is 89.1 Å². The molecule has 0 N–H and O–H groups in total. The lowest BCUT2D eigenvalue weighted by molar-refractivity contribution is -0.349. The van der Waals surface area contributed by atoms with Crippen molar-refractivity contribution in [2.24, 2.45) is 0 Å². The molecule has 17 heteroatoms. The number of ether oxygens (including phenoxy) is 2. The summed E-state index contributed by atoms with van der Waals surface area (Å²) in [6, 6.07) is 0.463. The summed E-state index contributed by atoms with van der Waals surface area (Å²) in [5, 5.41) is 0. The summed E-state index contributed by atoms with van der Waals surface area (Å²) in [6.07, 6.45) is -18.1. The molecule has 0 rings (SSSR count). The Kier molecular flexibility index (Phi) is 12.0. The molecule has 0 aliphatic carbocycles. The highest BCUT2D eigenvalue weighted by molar-refractivity contribution is 6.87. The van der Waals surface area contributed by atoms with Crippen LogP contribution in [0.5, 0.6) is 0 Å². The molecule has 0 aromatic heterocycles. The summed E-state index contributed by atoms with van der Waals surface area (Å²) in [6.45, 7) is 13.7. The van der Waals surface area contributed by atoms with Gasteiger partial charge in [0.1, 0.15) is 0 Å². The Hall–Kier alpha value is -1.31. The fourth-order valence-electron chi connectivity index (χ4n) is 2.91. The van der Waals surface area contributed by atoms with Crippen LogP contribution in [0, 0.1) is 0 Å². The first kappa shape index (κ1) is 34.7. The van der Waals surface area contributed by atoms with E-state index in [1.165, 1.54) is 0 Å². The largest absolute Gasteiger partial charge is 0.469 e. The molecule has 0 saturated carbocycles. The van der Waals surface area contributed by atoms with Gasteiger partial charge in [-0.05, 0) is 58.3 Å². The Morgan fingerprint density at radius 2 is 1.25 bits per heavy atom. The second-order valence-electron chi connectivity index (χ2n) is 10.0. The molecule has 0 aliphatic rings. The van der Waals surface area contributed by atoms with Gasteiger partial charge in [-0.25, -0.2) is 14.0 Å². The number of hydrogen-bond donors (Lipinski definition) is 0. The lowest BCUT2D eigenvalue weighted by Crippen LogP contribution is -2.52. The average Bonchev–Trinajstić information content (AvgIpc) is 2.58. The fraction of sp³-hybridized carbons (Fsp3) is 0.789. The van der Waals surface area contributed by atoms with E-state index in [2.05, 4.69) is 4.74 Å². The zero-order chi connectivity index (χ0) is 28.8. The summed E-state index contributed by atoms with van der Waals surface area (Å²) >= 11 is 0. The van der Waals surface area contributed by atoms with E-state index in [0.29, 0.717) is 18.5 Å². The van der Waals surface area contributed by atoms with Gasteiger partial charge in [-0.2, -0.15) is 30.7 Å². The van der Waals surface area contributed by atoms with Crippen LogP contribution in [-0.4, -0.2) is 68.1 Å². The molecule has 0 amide bonds. The SMILES string of the molecule is C[Si](C)(C)O[Si](C)(CCCOC(=O)/C=C/C(=O)OC(F)(F)C(F)(F)C(F)CC(F)(F)F)O[Si](C)(C)C. The molecule has 0 saturated heterocycles. The van der Waals surface area contributed by atoms with Gasteiger partial charge in [0.15, 0.2) is 22.8 Å². The highest BCUT2D eigenvalue weighted by Crippen LogP contribution is 2.43. The third-order valence-corrected chi connectivity index (χ3v) is 13.5. The minimum absolute atomic E-state index is 0.00478. The lowest BCUT2D eigenvalue weighted by Gasteiger charge is -2.38. The van der Waals surface area contributed by atoms with Crippen molar-refractivity contribution in [3.63, 3.8) is 0 Å². The van der Waals surface area contributed by atoms with Crippen LogP contribution >= 0.6 is 0 Å². The number of halogens is 8. The molecule has 0 bridgehead atoms. The van der Waals surface area contributed by atoms with E-state index in [1.54, 1.807) is 0 Å². The smallest absolute Gasteiger partial charge is 0.463 e. The van der Waals surface area contributed by atoms with Crippen molar-refractivity contribution in [1.29, 1.82) is 0 Å².